The number of aliphatic hydroxyl groups excluding tert-OH is 1. The highest BCUT2D eigenvalue weighted by atomic mass is 19.4. The quantitative estimate of drug-likeness (QED) is 0.605. The van der Waals surface area contributed by atoms with Crippen molar-refractivity contribution in [1.82, 2.24) is 5.32 Å². The molecular formula is C17H20F3NO4. The van der Waals surface area contributed by atoms with Crippen LogP contribution in [0.25, 0.3) is 0 Å². The summed E-state index contributed by atoms with van der Waals surface area (Å²) in [4.78, 5) is 23.8. The summed E-state index contributed by atoms with van der Waals surface area (Å²) in [6.45, 7) is 3.63. The maximum atomic E-state index is 12.5. The Balaban J connectivity index is 2.86. The van der Waals surface area contributed by atoms with Crippen molar-refractivity contribution in [2.75, 3.05) is 7.11 Å². The van der Waals surface area contributed by atoms with E-state index in [0.29, 0.717) is 0 Å². The number of amides is 1. The number of rotatable bonds is 6. The molecule has 8 heteroatoms. The fourth-order valence-electron chi connectivity index (χ4n) is 1.97. The zero-order chi connectivity index (χ0) is 19.2. The van der Waals surface area contributed by atoms with Gasteiger partial charge in [0.1, 0.15) is 6.04 Å². The molecule has 1 amide bonds. The van der Waals surface area contributed by atoms with Gasteiger partial charge in [-0.05, 0) is 38.0 Å². The largest absolute Gasteiger partial charge is 0.467 e. The molecule has 1 rings (SSSR count). The fourth-order valence-corrected chi connectivity index (χ4v) is 1.97. The lowest BCUT2D eigenvalue weighted by Crippen LogP contribution is -2.43. The highest BCUT2D eigenvalue weighted by Crippen LogP contribution is 2.30. The third kappa shape index (κ3) is 6.22. The predicted molar refractivity (Wildman–Crippen MR) is 84.4 cm³/mol. The first kappa shape index (κ1) is 20.7. The molecule has 138 valence electrons. The third-order valence-corrected chi connectivity index (χ3v) is 3.37. The number of ether oxygens (including phenoxy) is 1. The van der Waals surface area contributed by atoms with Gasteiger partial charge >= 0.3 is 12.1 Å². The molecule has 1 aromatic rings. The Morgan fingerprint density at radius 1 is 1.24 bits per heavy atom. The van der Waals surface area contributed by atoms with Crippen molar-refractivity contribution in [1.29, 1.82) is 0 Å². The van der Waals surface area contributed by atoms with Crippen LogP contribution in [-0.2, 0) is 20.5 Å². The molecule has 0 radical (unpaired) electrons. The van der Waals surface area contributed by atoms with Crippen LogP contribution in [0.3, 0.4) is 0 Å². The van der Waals surface area contributed by atoms with Gasteiger partial charge in [0.25, 0.3) is 5.91 Å². The molecule has 1 aromatic carbocycles. The zero-order valence-corrected chi connectivity index (χ0v) is 14.1. The summed E-state index contributed by atoms with van der Waals surface area (Å²) in [6, 6.07) is 2.56. The molecular weight excluding hydrogens is 339 g/mol. The van der Waals surface area contributed by atoms with E-state index in [4.69, 9.17) is 0 Å². The van der Waals surface area contributed by atoms with Crippen molar-refractivity contribution in [3.63, 3.8) is 0 Å². The summed E-state index contributed by atoms with van der Waals surface area (Å²) in [5, 5.41) is 12.3. The van der Waals surface area contributed by atoms with E-state index in [2.05, 4.69) is 10.1 Å². The Kier molecular flexibility index (Phi) is 7.17. The molecule has 2 atom stereocenters. The number of alkyl halides is 3. The summed E-state index contributed by atoms with van der Waals surface area (Å²) in [6.07, 6.45) is -4.33. The number of benzene rings is 1. The van der Waals surface area contributed by atoms with Crippen LogP contribution < -0.4 is 5.32 Å². The van der Waals surface area contributed by atoms with Gasteiger partial charge in [0, 0.05) is 0 Å². The van der Waals surface area contributed by atoms with Crippen molar-refractivity contribution in [3.05, 3.63) is 47.0 Å². The minimum Gasteiger partial charge on any atom is -0.467 e. The average molecular weight is 359 g/mol. The van der Waals surface area contributed by atoms with Gasteiger partial charge in [0.15, 0.2) is 6.10 Å². The first-order valence-electron chi connectivity index (χ1n) is 7.43. The number of methoxy groups -OCH3 is 1. The van der Waals surface area contributed by atoms with Crippen LogP contribution in [0.15, 0.2) is 35.9 Å². The summed E-state index contributed by atoms with van der Waals surface area (Å²) < 4.78 is 42.2. The maximum Gasteiger partial charge on any atom is 0.416 e. The van der Waals surface area contributed by atoms with Crippen LogP contribution in [0, 0.1) is 0 Å². The highest BCUT2D eigenvalue weighted by molar-refractivity contribution is 5.87. The SMILES string of the molecule is COC(=O)[C@H](CC=C(C)C)NC(=O)[C@H](O)c1ccc(C(F)(F)F)cc1. The van der Waals surface area contributed by atoms with Gasteiger partial charge in [-0.1, -0.05) is 23.8 Å². The number of hydrogen-bond acceptors (Lipinski definition) is 4. The zero-order valence-electron chi connectivity index (χ0n) is 14.1. The third-order valence-electron chi connectivity index (χ3n) is 3.37. The Labute approximate surface area is 143 Å². The first-order valence-corrected chi connectivity index (χ1v) is 7.43. The second-order valence-electron chi connectivity index (χ2n) is 5.62. The van der Waals surface area contributed by atoms with Gasteiger partial charge in [-0.3, -0.25) is 4.79 Å². The molecule has 0 aliphatic heterocycles. The Hall–Kier alpha value is -2.35. The first-order chi connectivity index (χ1) is 11.6. The number of esters is 1. The predicted octanol–water partition coefficient (Wildman–Crippen LogP) is 2.75. The maximum absolute atomic E-state index is 12.5. The van der Waals surface area contributed by atoms with Gasteiger partial charge in [-0.2, -0.15) is 13.2 Å². The van der Waals surface area contributed by atoms with Crippen LogP contribution in [0.5, 0.6) is 0 Å². The Morgan fingerprint density at radius 2 is 1.80 bits per heavy atom. The summed E-state index contributed by atoms with van der Waals surface area (Å²) >= 11 is 0. The average Bonchev–Trinajstić information content (AvgIpc) is 2.56. The number of aliphatic hydroxyl groups is 1. The number of allylic oxidation sites excluding steroid dienone is 1. The lowest BCUT2D eigenvalue weighted by molar-refractivity contribution is -0.146. The lowest BCUT2D eigenvalue weighted by Gasteiger charge is -2.18. The van der Waals surface area contributed by atoms with Crippen molar-refractivity contribution in [2.24, 2.45) is 0 Å². The van der Waals surface area contributed by atoms with Crippen molar-refractivity contribution >= 4 is 11.9 Å². The summed E-state index contributed by atoms with van der Waals surface area (Å²) in [5.74, 6) is -1.59. The van der Waals surface area contributed by atoms with Crippen LogP contribution in [-0.4, -0.2) is 30.1 Å². The second-order valence-corrected chi connectivity index (χ2v) is 5.62. The highest BCUT2D eigenvalue weighted by Gasteiger charge is 2.31. The monoisotopic (exact) mass is 359 g/mol. The minimum atomic E-state index is -4.51. The van der Waals surface area contributed by atoms with E-state index >= 15 is 0 Å². The molecule has 0 saturated heterocycles. The molecule has 0 saturated carbocycles. The van der Waals surface area contributed by atoms with Gasteiger partial charge in [-0.15, -0.1) is 0 Å². The number of halogens is 3. The molecule has 0 aliphatic rings. The van der Waals surface area contributed by atoms with Gasteiger partial charge in [-0.25, -0.2) is 4.79 Å². The van der Waals surface area contributed by atoms with Crippen LogP contribution >= 0.6 is 0 Å². The number of nitrogens with one attached hydrogen (secondary N) is 1. The van der Waals surface area contributed by atoms with Gasteiger partial charge in [0.2, 0.25) is 0 Å². The molecule has 2 N–H and O–H groups in total. The Morgan fingerprint density at radius 3 is 2.24 bits per heavy atom. The minimum absolute atomic E-state index is 0.0173. The summed E-state index contributed by atoms with van der Waals surface area (Å²) in [5.41, 5.74) is 0.0163. The van der Waals surface area contributed by atoms with Crippen LogP contribution in [0.1, 0.15) is 37.5 Å². The molecule has 0 fully saturated rings. The van der Waals surface area contributed by atoms with E-state index < -0.39 is 35.8 Å². The van der Waals surface area contributed by atoms with E-state index in [-0.39, 0.29) is 12.0 Å². The van der Waals surface area contributed by atoms with Crippen molar-refractivity contribution < 1.29 is 32.6 Å². The lowest BCUT2D eigenvalue weighted by atomic mass is 10.1. The van der Waals surface area contributed by atoms with E-state index in [1.807, 2.05) is 13.8 Å². The smallest absolute Gasteiger partial charge is 0.416 e. The van der Waals surface area contributed by atoms with E-state index in [1.165, 1.54) is 0 Å². The normalized spacial score (nSPS) is 13.6. The van der Waals surface area contributed by atoms with Gasteiger partial charge in [0.05, 0.1) is 12.7 Å². The molecule has 0 bridgehead atoms. The molecule has 5 nitrogen and oxygen atoms in total. The van der Waals surface area contributed by atoms with Crippen LogP contribution in [0.2, 0.25) is 0 Å². The molecule has 25 heavy (non-hydrogen) atoms. The number of carbonyl (C=O) groups excluding carboxylic acids is 2. The Bertz CT molecular complexity index is 634. The molecule has 0 spiro atoms. The molecule has 0 aromatic heterocycles. The standard InChI is InChI=1S/C17H20F3NO4/c1-10(2)4-9-13(16(24)25-3)21-15(23)14(22)11-5-7-12(8-6-11)17(18,19)20/h4-8,13-14,22H,9H2,1-3H3,(H,21,23)/t13-,14+/m0/s1. The van der Waals surface area contributed by atoms with E-state index in [0.717, 1.165) is 36.9 Å². The topological polar surface area (TPSA) is 75.6 Å². The molecule has 0 unspecified atom stereocenters. The molecule has 0 aliphatic carbocycles. The van der Waals surface area contributed by atoms with E-state index in [1.54, 1.807) is 6.08 Å². The summed E-state index contributed by atoms with van der Waals surface area (Å²) in [7, 11) is 1.16. The van der Waals surface area contributed by atoms with Crippen molar-refractivity contribution in [2.45, 2.75) is 38.6 Å². The number of carbonyl (C=O) groups is 2. The second kappa shape index (κ2) is 8.66. The number of hydrogen-bond donors (Lipinski definition) is 2. The van der Waals surface area contributed by atoms with E-state index in [9.17, 15) is 27.9 Å². The van der Waals surface area contributed by atoms with Gasteiger partial charge < -0.3 is 15.2 Å². The molecule has 0 heterocycles. The van der Waals surface area contributed by atoms with Crippen molar-refractivity contribution in [3.8, 4) is 0 Å². The van der Waals surface area contributed by atoms with Crippen LogP contribution in [0.4, 0.5) is 13.2 Å². The fraction of sp³-hybridized carbons (Fsp3) is 0.412.